The fraction of sp³-hybridized carbons (Fsp3) is 0.316. The molecule has 0 bridgehead atoms. The predicted octanol–water partition coefficient (Wildman–Crippen LogP) is 3.06. The van der Waals surface area contributed by atoms with E-state index in [2.05, 4.69) is 0 Å². The summed E-state index contributed by atoms with van der Waals surface area (Å²) in [5, 5.41) is 9.02. The van der Waals surface area contributed by atoms with Crippen LogP contribution in [0.5, 0.6) is 5.75 Å². The number of aromatic carboxylic acids is 1. The van der Waals surface area contributed by atoms with Crippen LogP contribution >= 0.6 is 0 Å². The Bertz CT molecular complexity index is 873. The van der Waals surface area contributed by atoms with Crippen LogP contribution in [0.15, 0.2) is 28.7 Å². The Morgan fingerprint density at radius 3 is 2.48 bits per heavy atom. The van der Waals surface area contributed by atoms with E-state index in [4.69, 9.17) is 14.3 Å². The topological polar surface area (TPSA) is 97.1 Å². The third kappa shape index (κ3) is 4.93. The van der Waals surface area contributed by atoms with Crippen LogP contribution in [0.3, 0.4) is 0 Å². The molecule has 144 valence electrons. The van der Waals surface area contributed by atoms with E-state index in [-0.39, 0.29) is 53.7 Å². The van der Waals surface area contributed by atoms with Gasteiger partial charge in [-0.2, -0.15) is 0 Å². The van der Waals surface area contributed by atoms with Gasteiger partial charge in [0.1, 0.15) is 17.1 Å². The van der Waals surface area contributed by atoms with Crippen LogP contribution in [-0.2, 0) is 11.3 Å². The molecular formula is C19H20FNO6. The number of benzene rings is 1. The Morgan fingerprint density at radius 2 is 1.93 bits per heavy atom. The Hall–Kier alpha value is -3.16. The Morgan fingerprint density at radius 1 is 1.22 bits per heavy atom. The number of carboxylic acid groups (broad SMARTS) is 1. The van der Waals surface area contributed by atoms with Gasteiger partial charge in [0.15, 0.2) is 17.3 Å². The van der Waals surface area contributed by atoms with Gasteiger partial charge < -0.3 is 19.2 Å². The summed E-state index contributed by atoms with van der Waals surface area (Å²) in [5.41, 5.74) is 0.207. The molecule has 0 aliphatic heterocycles. The maximum atomic E-state index is 13.7. The molecule has 0 radical (unpaired) electrons. The minimum absolute atomic E-state index is 0.0387. The van der Waals surface area contributed by atoms with E-state index >= 15 is 0 Å². The minimum atomic E-state index is -1.10. The van der Waals surface area contributed by atoms with Crippen LogP contribution in [0.4, 0.5) is 4.39 Å². The number of hydrogen-bond acceptors (Lipinski definition) is 5. The van der Waals surface area contributed by atoms with Gasteiger partial charge in [0.25, 0.3) is 0 Å². The Labute approximate surface area is 155 Å². The fourth-order valence-electron chi connectivity index (χ4n) is 2.55. The van der Waals surface area contributed by atoms with Crippen molar-refractivity contribution in [2.24, 2.45) is 0 Å². The number of hydrogen-bond donors (Lipinski definition) is 1. The van der Waals surface area contributed by atoms with E-state index in [9.17, 15) is 18.8 Å². The largest absolute Gasteiger partial charge is 0.494 e. The average molecular weight is 377 g/mol. The molecule has 0 saturated carbocycles. The number of ketones is 1. The summed E-state index contributed by atoms with van der Waals surface area (Å²) in [6.07, 6.45) is -0.138. The van der Waals surface area contributed by atoms with Gasteiger partial charge in [-0.15, -0.1) is 0 Å². The van der Waals surface area contributed by atoms with Crippen LogP contribution < -0.4 is 4.74 Å². The second kappa shape index (κ2) is 8.48. The second-order valence-corrected chi connectivity index (χ2v) is 6.01. The zero-order valence-corrected chi connectivity index (χ0v) is 15.2. The summed E-state index contributed by atoms with van der Waals surface area (Å²) in [6.45, 7) is 1.61. The van der Waals surface area contributed by atoms with Crippen molar-refractivity contribution in [2.75, 3.05) is 14.2 Å². The molecule has 0 saturated heterocycles. The first kappa shape index (κ1) is 20.2. The molecule has 1 aromatic heterocycles. The quantitative estimate of drug-likeness (QED) is 0.710. The van der Waals surface area contributed by atoms with Gasteiger partial charge >= 0.3 is 5.97 Å². The lowest BCUT2D eigenvalue weighted by molar-refractivity contribution is -0.130. The summed E-state index contributed by atoms with van der Waals surface area (Å²) in [5.74, 6) is -1.79. The van der Waals surface area contributed by atoms with Crippen molar-refractivity contribution in [1.29, 1.82) is 0 Å². The predicted molar refractivity (Wildman–Crippen MR) is 93.4 cm³/mol. The molecule has 7 nitrogen and oxygen atoms in total. The first-order chi connectivity index (χ1) is 12.7. The number of Topliss-reactive ketones (excluding diaryl/α,β-unsaturated/α-hetero) is 1. The molecule has 8 heteroatoms. The molecule has 1 heterocycles. The smallest absolute Gasteiger partial charge is 0.339 e. The van der Waals surface area contributed by atoms with Gasteiger partial charge in [0.2, 0.25) is 5.91 Å². The van der Waals surface area contributed by atoms with Crippen molar-refractivity contribution in [2.45, 2.75) is 26.3 Å². The van der Waals surface area contributed by atoms with Crippen molar-refractivity contribution in [3.63, 3.8) is 0 Å². The molecule has 2 aromatic rings. The molecule has 1 aromatic carbocycles. The van der Waals surface area contributed by atoms with E-state index in [1.165, 1.54) is 44.2 Å². The van der Waals surface area contributed by atoms with Crippen molar-refractivity contribution in [1.82, 2.24) is 4.90 Å². The van der Waals surface area contributed by atoms with Gasteiger partial charge in [0.05, 0.1) is 13.7 Å². The van der Waals surface area contributed by atoms with Gasteiger partial charge in [-0.25, -0.2) is 9.18 Å². The van der Waals surface area contributed by atoms with Gasteiger partial charge in [-0.05, 0) is 31.2 Å². The average Bonchev–Trinajstić information content (AvgIpc) is 2.99. The van der Waals surface area contributed by atoms with Crippen molar-refractivity contribution in [3.05, 3.63) is 52.7 Å². The summed E-state index contributed by atoms with van der Waals surface area (Å²) in [7, 11) is 2.85. The van der Waals surface area contributed by atoms with Gasteiger partial charge in [-0.3, -0.25) is 9.59 Å². The standard InChI is InChI=1S/C19H20FNO6/c1-11-14(19(24)25)9-13(27-11)10-21(2)18(23)7-5-16(22)12-4-6-17(26-3)15(20)8-12/h4,6,8-9H,5,7,10H2,1-3H3,(H,24,25). The molecule has 2 rings (SSSR count). The molecule has 0 unspecified atom stereocenters. The third-order valence-electron chi connectivity index (χ3n) is 4.06. The highest BCUT2D eigenvalue weighted by Gasteiger charge is 2.18. The maximum absolute atomic E-state index is 13.7. The summed E-state index contributed by atoms with van der Waals surface area (Å²) < 4.78 is 23.8. The Balaban J connectivity index is 1.92. The van der Waals surface area contributed by atoms with Crippen LogP contribution in [0.25, 0.3) is 0 Å². The minimum Gasteiger partial charge on any atom is -0.494 e. The van der Waals surface area contributed by atoms with E-state index in [0.717, 1.165) is 6.07 Å². The number of nitrogens with zero attached hydrogens (tertiary/aromatic N) is 1. The summed E-state index contributed by atoms with van der Waals surface area (Å²) >= 11 is 0. The molecule has 27 heavy (non-hydrogen) atoms. The molecule has 0 aliphatic rings. The first-order valence-corrected chi connectivity index (χ1v) is 8.16. The second-order valence-electron chi connectivity index (χ2n) is 6.01. The van der Waals surface area contributed by atoms with Crippen molar-refractivity contribution < 1.29 is 33.0 Å². The highest BCUT2D eigenvalue weighted by atomic mass is 19.1. The highest BCUT2D eigenvalue weighted by Crippen LogP contribution is 2.19. The Kier molecular flexibility index (Phi) is 6.33. The van der Waals surface area contributed by atoms with Crippen LogP contribution in [-0.4, -0.2) is 41.8 Å². The van der Waals surface area contributed by atoms with Gasteiger partial charge in [-0.1, -0.05) is 0 Å². The lowest BCUT2D eigenvalue weighted by atomic mass is 10.1. The first-order valence-electron chi connectivity index (χ1n) is 8.16. The van der Waals surface area contributed by atoms with Crippen LogP contribution in [0.2, 0.25) is 0 Å². The number of carbonyl (C=O) groups is 3. The molecule has 1 N–H and O–H groups in total. The lowest BCUT2D eigenvalue weighted by Crippen LogP contribution is -2.26. The number of methoxy groups -OCH3 is 1. The number of halogens is 1. The molecular weight excluding hydrogens is 357 g/mol. The van der Waals surface area contributed by atoms with Crippen molar-refractivity contribution in [3.8, 4) is 5.75 Å². The maximum Gasteiger partial charge on any atom is 0.339 e. The van der Waals surface area contributed by atoms with Gasteiger partial charge in [0, 0.05) is 25.5 Å². The normalized spacial score (nSPS) is 10.5. The summed E-state index contributed by atoms with van der Waals surface area (Å²) in [6, 6.07) is 5.24. The SMILES string of the molecule is COc1ccc(C(=O)CCC(=O)N(C)Cc2cc(C(=O)O)c(C)o2)cc1F. The molecule has 1 amide bonds. The number of furan rings is 1. The monoisotopic (exact) mass is 377 g/mol. The van der Waals surface area contributed by atoms with Crippen LogP contribution in [0, 0.1) is 12.7 Å². The molecule has 0 spiro atoms. The molecule has 0 aliphatic carbocycles. The fourth-order valence-corrected chi connectivity index (χ4v) is 2.55. The summed E-state index contributed by atoms with van der Waals surface area (Å²) in [4.78, 5) is 36.7. The zero-order valence-electron chi connectivity index (χ0n) is 15.2. The number of amides is 1. The highest BCUT2D eigenvalue weighted by molar-refractivity contribution is 5.98. The molecule has 0 fully saturated rings. The number of rotatable bonds is 8. The third-order valence-corrected chi connectivity index (χ3v) is 4.06. The number of carboxylic acids is 1. The van der Waals surface area contributed by atoms with E-state index < -0.39 is 11.8 Å². The zero-order chi connectivity index (χ0) is 20.1. The number of aryl methyl sites for hydroxylation is 1. The van der Waals surface area contributed by atoms with E-state index in [0.29, 0.717) is 5.76 Å². The lowest BCUT2D eigenvalue weighted by Gasteiger charge is -2.15. The van der Waals surface area contributed by atoms with E-state index in [1.54, 1.807) is 0 Å². The van der Waals surface area contributed by atoms with Crippen LogP contribution in [0.1, 0.15) is 45.1 Å². The van der Waals surface area contributed by atoms with Crippen molar-refractivity contribution >= 4 is 17.7 Å². The number of carbonyl (C=O) groups excluding carboxylic acids is 2. The number of ether oxygens (including phenoxy) is 1. The molecule has 0 atom stereocenters. The van der Waals surface area contributed by atoms with E-state index in [1.807, 2.05) is 0 Å².